The summed E-state index contributed by atoms with van der Waals surface area (Å²) in [5, 5.41) is 13.2. The molecule has 1 N–H and O–H groups in total. The molecule has 0 spiro atoms. The molecule has 0 aliphatic heterocycles. The van der Waals surface area contributed by atoms with Crippen LogP contribution in [0.1, 0.15) is 11.3 Å². The van der Waals surface area contributed by atoms with Crippen LogP contribution in [0.5, 0.6) is 0 Å². The summed E-state index contributed by atoms with van der Waals surface area (Å²) in [4.78, 5) is 3.40. The smallest absolute Gasteiger partial charge is 0.368 e. The predicted octanol–water partition coefficient (Wildman–Crippen LogP) is 2.77. The molecule has 0 unspecified atom stereocenters. The third-order valence-electron chi connectivity index (χ3n) is 3.18. The first-order valence-electron chi connectivity index (χ1n) is 6.88. The first kappa shape index (κ1) is 19.2. The molecule has 6 nitrogen and oxygen atoms in total. The van der Waals surface area contributed by atoms with Gasteiger partial charge in [0, 0.05) is 20.1 Å². The molecule has 0 radical (unpaired) electrons. The Kier molecular flexibility index (Phi) is 5.66. The van der Waals surface area contributed by atoms with E-state index in [-0.39, 0.29) is 28.7 Å². The highest BCUT2D eigenvalue weighted by Gasteiger charge is 2.33. The van der Waals surface area contributed by atoms with Crippen LogP contribution in [0.3, 0.4) is 0 Å². The fourth-order valence-corrected chi connectivity index (χ4v) is 4.23. The minimum absolute atomic E-state index is 0.00983. The molecule has 0 saturated carbocycles. The molecule has 0 bridgehead atoms. The monoisotopic (exact) mass is 390 g/mol. The Morgan fingerprint density at radius 2 is 2.08 bits per heavy atom. The maximum absolute atomic E-state index is 12.7. The fraction of sp³-hybridized carbons (Fsp3) is 0.286. The topological polar surface area (TPSA) is 86.1 Å². The lowest BCUT2D eigenvalue weighted by Gasteiger charge is -2.17. The Morgan fingerprint density at radius 1 is 1.36 bits per heavy atom. The van der Waals surface area contributed by atoms with Gasteiger partial charge < -0.3 is 5.32 Å². The molecule has 2 aromatic rings. The van der Waals surface area contributed by atoms with E-state index < -0.39 is 21.9 Å². The zero-order chi connectivity index (χ0) is 18.7. The lowest BCUT2D eigenvalue weighted by atomic mass is 10.2. The van der Waals surface area contributed by atoms with Crippen molar-refractivity contribution in [2.24, 2.45) is 0 Å². The number of hydrogen-bond donors (Lipinski definition) is 1. The number of hydrogen-bond acceptors (Lipinski definition) is 6. The van der Waals surface area contributed by atoms with Crippen molar-refractivity contribution in [3.05, 3.63) is 40.9 Å². The second-order valence-electron chi connectivity index (χ2n) is 4.89. The normalized spacial score (nSPS) is 12.2. The van der Waals surface area contributed by atoms with Gasteiger partial charge in [0.05, 0.1) is 5.56 Å². The largest absolute Gasteiger partial charge is 0.433 e. The quantitative estimate of drug-likeness (QED) is 0.820. The maximum atomic E-state index is 12.7. The molecule has 0 amide bonds. The molecule has 2 rings (SSSR count). The molecule has 2 aromatic heterocycles. The van der Waals surface area contributed by atoms with Gasteiger partial charge in [-0.15, -0.1) is 11.3 Å². The van der Waals surface area contributed by atoms with Gasteiger partial charge in [-0.2, -0.15) is 22.7 Å². The van der Waals surface area contributed by atoms with E-state index in [0.717, 1.165) is 27.8 Å². The number of nitrogens with one attached hydrogen (secondary N) is 1. The molecule has 0 fully saturated rings. The van der Waals surface area contributed by atoms with Gasteiger partial charge in [-0.1, -0.05) is 6.07 Å². The Labute approximate surface area is 146 Å². The van der Waals surface area contributed by atoms with Crippen molar-refractivity contribution in [2.45, 2.75) is 10.4 Å². The number of sulfonamides is 1. The number of nitrogens with zero attached hydrogens (tertiary/aromatic N) is 3. The van der Waals surface area contributed by atoms with Gasteiger partial charge in [-0.05, 0) is 23.6 Å². The number of rotatable bonds is 6. The van der Waals surface area contributed by atoms with Crippen molar-refractivity contribution in [1.82, 2.24) is 9.29 Å². The van der Waals surface area contributed by atoms with Crippen LogP contribution >= 0.6 is 11.3 Å². The van der Waals surface area contributed by atoms with Gasteiger partial charge in [0.2, 0.25) is 0 Å². The molecule has 0 saturated heterocycles. The van der Waals surface area contributed by atoms with Gasteiger partial charge in [0.25, 0.3) is 10.0 Å². The summed E-state index contributed by atoms with van der Waals surface area (Å²) in [6.07, 6.45) is -4.64. The summed E-state index contributed by atoms with van der Waals surface area (Å²) in [6, 6.07) is 6.55. The minimum Gasteiger partial charge on any atom is -0.368 e. The van der Waals surface area contributed by atoms with Gasteiger partial charge in [-0.3, -0.25) is 0 Å². The second kappa shape index (κ2) is 7.38. The zero-order valence-electron chi connectivity index (χ0n) is 12.9. The second-order valence-corrected chi connectivity index (χ2v) is 8.11. The molecule has 25 heavy (non-hydrogen) atoms. The Balaban J connectivity index is 2.08. The molecule has 11 heteroatoms. The third kappa shape index (κ3) is 4.47. The minimum atomic E-state index is -4.64. The SMILES string of the molecule is CN(CCNc1nc(C(F)(F)F)ccc1C#N)S(=O)(=O)c1cccs1. The molecular weight excluding hydrogens is 377 g/mol. The number of likely N-dealkylation sites (N-methyl/N-ethyl adjacent to an activating group) is 1. The van der Waals surface area contributed by atoms with Crippen LogP contribution in [-0.4, -0.2) is 37.8 Å². The number of aromatic nitrogens is 1. The highest BCUT2D eigenvalue weighted by atomic mass is 32.2. The van der Waals surface area contributed by atoms with Gasteiger partial charge in [-0.25, -0.2) is 13.4 Å². The van der Waals surface area contributed by atoms with Crippen molar-refractivity contribution in [3.8, 4) is 6.07 Å². The van der Waals surface area contributed by atoms with Crippen LogP contribution in [-0.2, 0) is 16.2 Å². The van der Waals surface area contributed by atoms with E-state index in [1.807, 2.05) is 0 Å². The number of thiophene rings is 1. The van der Waals surface area contributed by atoms with Crippen LogP contribution in [0.2, 0.25) is 0 Å². The first-order chi connectivity index (χ1) is 11.7. The number of halogens is 3. The van der Waals surface area contributed by atoms with Crippen LogP contribution in [0.4, 0.5) is 19.0 Å². The van der Waals surface area contributed by atoms with Crippen LogP contribution < -0.4 is 5.32 Å². The van der Waals surface area contributed by atoms with Crippen LogP contribution in [0.15, 0.2) is 33.9 Å². The fourth-order valence-electron chi connectivity index (χ4n) is 1.86. The van der Waals surface area contributed by atoms with Crippen LogP contribution in [0, 0.1) is 11.3 Å². The number of nitriles is 1. The molecule has 0 aliphatic carbocycles. The lowest BCUT2D eigenvalue weighted by molar-refractivity contribution is -0.141. The van der Waals surface area contributed by atoms with E-state index in [2.05, 4.69) is 10.3 Å². The van der Waals surface area contributed by atoms with Crippen molar-refractivity contribution >= 4 is 27.2 Å². The maximum Gasteiger partial charge on any atom is 0.433 e. The molecule has 0 aliphatic rings. The van der Waals surface area contributed by atoms with Crippen LogP contribution in [0.25, 0.3) is 0 Å². The zero-order valence-corrected chi connectivity index (χ0v) is 14.5. The summed E-state index contributed by atoms with van der Waals surface area (Å²) in [5.41, 5.74) is -1.19. The van der Waals surface area contributed by atoms with Crippen molar-refractivity contribution < 1.29 is 21.6 Å². The van der Waals surface area contributed by atoms with Crippen molar-refractivity contribution in [2.75, 3.05) is 25.5 Å². The number of anilines is 1. The van der Waals surface area contributed by atoms with E-state index in [0.29, 0.717) is 0 Å². The van der Waals surface area contributed by atoms with Crippen molar-refractivity contribution in [3.63, 3.8) is 0 Å². The van der Waals surface area contributed by atoms with Crippen molar-refractivity contribution in [1.29, 1.82) is 5.26 Å². The van der Waals surface area contributed by atoms with E-state index in [1.54, 1.807) is 17.5 Å². The number of pyridine rings is 1. The highest BCUT2D eigenvalue weighted by molar-refractivity contribution is 7.91. The molecule has 0 atom stereocenters. The predicted molar refractivity (Wildman–Crippen MR) is 86.6 cm³/mol. The van der Waals surface area contributed by atoms with E-state index >= 15 is 0 Å². The average molecular weight is 390 g/mol. The Morgan fingerprint density at radius 3 is 2.64 bits per heavy atom. The first-order valence-corrected chi connectivity index (χ1v) is 9.20. The van der Waals surface area contributed by atoms with E-state index in [9.17, 15) is 21.6 Å². The summed E-state index contributed by atoms with van der Waals surface area (Å²) < 4.78 is 63.8. The molecule has 2 heterocycles. The summed E-state index contributed by atoms with van der Waals surface area (Å²) in [6.45, 7) is -0.0207. The highest BCUT2D eigenvalue weighted by Crippen LogP contribution is 2.29. The van der Waals surface area contributed by atoms with Gasteiger partial charge in [0.1, 0.15) is 21.8 Å². The number of alkyl halides is 3. The Hall–Kier alpha value is -2.16. The standard InChI is InChI=1S/C14H13F3N4O2S2/c1-21(25(22,23)12-3-2-8-24-12)7-6-19-13-10(9-18)4-5-11(20-13)14(15,16)17/h2-5,8H,6-7H2,1H3,(H,19,20). The summed E-state index contributed by atoms with van der Waals surface area (Å²) in [5.74, 6) is -0.237. The summed E-state index contributed by atoms with van der Waals surface area (Å²) in [7, 11) is -2.29. The average Bonchev–Trinajstić information content (AvgIpc) is 3.09. The third-order valence-corrected chi connectivity index (χ3v) is 6.41. The molecule has 134 valence electrons. The van der Waals surface area contributed by atoms with Gasteiger partial charge in [0.15, 0.2) is 0 Å². The van der Waals surface area contributed by atoms with E-state index in [1.165, 1.54) is 13.1 Å². The lowest BCUT2D eigenvalue weighted by Crippen LogP contribution is -2.31. The summed E-state index contributed by atoms with van der Waals surface area (Å²) >= 11 is 1.07. The molecular formula is C14H13F3N4O2S2. The molecule has 0 aromatic carbocycles. The van der Waals surface area contributed by atoms with Gasteiger partial charge >= 0.3 is 6.18 Å². The Bertz CT molecular complexity index is 874. The van der Waals surface area contributed by atoms with E-state index in [4.69, 9.17) is 5.26 Å².